The van der Waals surface area contributed by atoms with Crippen LogP contribution in [-0.2, 0) is 33.7 Å². The van der Waals surface area contributed by atoms with Gasteiger partial charge in [0.05, 0.1) is 13.1 Å². The van der Waals surface area contributed by atoms with Crippen LogP contribution in [0.2, 0.25) is 0 Å². The Balaban J connectivity index is 1.32. The molecule has 13 nitrogen and oxygen atoms in total. The second kappa shape index (κ2) is 14.8. The minimum Gasteiger partial charge on any atom is -0.404 e. The van der Waals surface area contributed by atoms with Crippen molar-refractivity contribution in [3.63, 3.8) is 0 Å². The van der Waals surface area contributed by atoms with E-state index in [1.807, 2.05) is 42.5 Å². The van der Waals surface area contributed by atoms with Crippen LogP contribution in [0.15, 0.2) is 91.5 Å². The summed E-state index contributed by atoms with van der Waals surface area (Å²) in [4.78, 5) is 66.2. The molecule has 0 aromatic heterocycles. The summed E-state index contributed by atoms with van der Waals surface area (Å²) < 4.78 is 16.0. The molecule has 4 amide bonds. The number of hydrogen-bond acceptors (Lipinski definition) is 7. The fraction of sp³-hybridized carbons (Fsp3) is 0.343. The Kier molecular flexibility index (Phi) is 10.4. The van der Waals surface area contributed by atoms with Crippen LogP contribution in [-0.4, -0.2) is 92.4 Å². The number of anilines is 1. The number of hydrogen-bond donors (Lipinski definition) is 3. The summed E-state index contributed by atoms with van der Waals surface area (Å²) >= 11 is 0. The molecule has 49 heavy (non-hydrogen) atoms. The Labute approximate surface area is 285 Å². The third kappa shape index (κ3) is 8.14. The lowest BCUT2D eigenvalue weighted by atomic mass is 9.98. The molecule has 0 aliphatic carbocycles. The first-order valence-electron chi connectivity index (χ1n) is 16.3. The van der Waals surface area contributed by atoms with E-state index in [4.69, 9.17) is 0 Å². The summed E-state index contributed by atoms with van der Waals surface area (Å²) in [6.07, 6.45) is 3.21. The van der Waals surface area contributed by atoms with Gasteiger partial charge < -0.3 is 24.5 Å². The maximum absolute atomic E-state index is 14.4. The minimum absolute atomic E-state index is 0.0279. The lowest BCUT2D eigenvalue weighted by Gasteiger charge is -2.55. The molecule has 258 valence electrons. The molecule has 0 radical (unpaired) electrons. The lowest BCUT2D eigenvalue weighted by Crippen LogP contribution is -2.76. The first-order valence-corrected chi connectivity index (χ1v) is 17.9. The Morgan fingerprint density at radius 3 is 2.37 bits per heavy atom. The average molecular weight is 689 g/mol. The molecule has 3 heterocycles. The molecular weight excluding hydrogens is 647 g/mol. The van der Waals surface area contributed by atoms with Gasteiger partial charge in [-0.05, 0) is 53.8 Å². The van der Waals surface area contributed by atoms with Crippen LogP contribution < -0.4 is 14.7 Å². The number of phosphoric ester groups is 1. The van der Waals surface area contributed by atoms with E-state index in [2.05, 4.69) is 33.5 Å². The van der Waals surface area contributed by atoms with Crippen LogP contribution in [0.3, 0.4) is 0 Å². The van der Waals surface area contributed by atoms with Gasteiger partial charge in [0.15, 0.2) is 0 Å². The molecule has 0 spiro atoms. The number of nitrogens with one attached hydrogen (secondary N) is 1. The van der Waals surface area contributed by atoms with Gasteiger partial charge in [0.1, 0.15) is 18.0 Å². The van der Waals surface area contributed by atoms with E-state index in [0.717, 1.165) is 42.7 Å². The Morgan fingerprint density at radius 2 is 1.67 bits per heavy atom. The maximum atomic E-state index is 14.4. The number of hydrazine groups is 1. The molecule has 3 aromatic carbocycles. The second-order valence-corrected chi connectivity index (χ2v) is 13.6. The number of urea groups is 1. The smallest absolute Gasteiger partial charge is 0.404 e. The predicted molar refractivity (Wildman–Crippen MR) is 183 cm³/mol. The average Bonchev–Trinajstić information content (AvgIpc) is 3.62. The number of benzene rings is 3. The topological polar surface area (TPSA) is 146 Å². The van der Waals surface area contributed by atoms with Crippen LogP contribution in [0, 0.1) is 0 Å². The van der Waals surface area contributed by atoms with E-state index in [9.17, 15) is 28.7 Å². The molecule has 14 heteroatoms. The molecule has 3 saturated heterocycles. The van der Waals surface area contributed by atoms with Crippen molar-refractivity contribution < 1.29 is 33.3 Å². The van der Waals surface area contributed by atoms with Gasteiger partial charge in [-0.3, -0.25) is 19.4 Å². The number of rotatable bonds is 11. The first kappa shape index (κ1) is 34.2. The van der Waals surface area contributed by atoms with Gasteiger partial charge >= 0.3 is 13.9 Å². The minimum atomic E-state index is -4.75. The van der Waals surface area contributed by atoms with Gasteiger partial charge in [0, 0.05) is 44.8 Å². The third-order valence-corrected chi connectivity index (χ3v) is 9.45. The highest BCUT2D eigenvalue weighted by molar-refractivity contribution is 7.46. The van der Waals surface area contributed by atoms with Crippen molar-refractivity contribution in [1.82, 2.24) is 25.1 Å². The summed E-state index contributed by atoms with van der Waals surface area (Å²) in [5.41, 5.74) is 3.60. The van der Waals surface area contributed by atoms with Crippen molar-refractivity contribution in [3.05, 3.63) is 108 Å². The molecule has 3 fully saturated rings. The summed E-state index contributed by atoms with van der Waals surface area (Å²) in [6, 6.07) is 22.3. The standard InChI is InChI=1S/C35H41N6O7P/c1-2-17-39-25-33(42)40-31(21-26-13-15-30(16-14-26)48-49(45,46)47)34(43)38(23-28-11-8-12-29(20-28)37-18-6-7-19-37)24-32(40)41(39)35(44)36-22-27-9-4-3-5-10-27/h2-5,8-16,20,31-32H,1,6-7,17-19,21-25H2,(H,36,44)(H2,45,46,47)/t31-,32-/m0/s1. The highest BCUT2D eigenvalue weighted by Crippen LogP contribution is 2.38. The Bertz CT molecular complexity index is 1710. The largest absolute Gasteiger partial charge is 0.524 e. The SMILES string of the molecule is C=CCN1CC(=O)N2[C@@H](Cc3ccc(OP(=O)(O)O)cc3)C(=O)N(Cc3cccc(N4CCCC4)c3)C[C@@H]2N1C(=O)NCc1ccccc1. The van der Waals surface area contributed by atoms with E-state index in [-0.39, 0.29) is 56.7 Å². The molecular formula is C35H41N6O7P. The summed E-state index contributed by atoms with van der Waals surface area (Å²) in [6.45, 7) is 6.58. The fourth-order valence-electron chi connectivity index (χ4n) is 6.79. The Morgan fingerprint density at radius 1 is 0.959 bits per heavy atom. The number of phosphoric acid groups is 1. The van der Waals surface area contributed by atoms with Crippen molar-refractivity contribution in [2.75, 3.05) is 37.6 Å². The zero-order valence-electron chi connectivity index (χ0n) is 27.1. The number of piperazine rings is 1. The fourth-order valence-corrected chi connectivity index (χ4v) is 7.19. The van der Waals surface area contributed by atoms with Crippen molar-refractivity contribution in [2.45, 2.75) is 44.6 Å². The first-order chi connectivity index (χ1) is 23.6. The molecule has 3 aromatic rings. The molecule has 3 N–H and O–H groups in total. The number of nitrogens with zero attached hydrogens (tertiary/aromatic N) is 5. The molecule has 6 rings (SSSR count). The van der Waals surface area contributed by atoms with Crippen molar-refractivity contribution in [3.8, 4) is 5.75 Å². The van der Waals surface area contributed by atoms with Gasteiger partial charge in [-0.15, -0.1) is 6.58 Å². The summed E-state index contributed by atoms with van der Waals surface area (Å²) in [5.74, 6) is -0.581. The highest BCUT2D eigenvalue weighted by Gasteiger charge is 2.51. The lowest BCUT2D eigenvalue weighted by molar-refractivity contribution is -0.189. The van der Waals surface area contributed by atoms with Crippen LogP contribution in [0.1, 0.15) is 29.5 Å². The van der Waals surface area contributed by atoms with E-state index in [1.165, 1.54) is 22.0 Å². The van der Waals surface area contributed by atoms with Gasteiger partial charge in [-0.25, -0.2) is 19.4 Å². The number of fused-ring (bicyclic) bond motifs is 1. The highest BCUT2D eigenvalue weighted by atomic mass is 31.2. The number of carbonyl (C=O) groups excluding carboxylic acids is 3. The van der Waals surface area contributed by atoms with Crippen LogP contribution in [0.4, 0.5) is 10.5 Å². The van der Waals surface area contributed by atoms with Crippen LogP contribution in [0.25, 0.3) is 0 Å². The van der Waals surface area contributed by atoms with Gasteiger partial charge in [-0.1, -0.05) is 60.7 Å². The zero-order valence-corrected chi connectivity index (χ0v) is 28.0. The zero-order chi connectivity index (χ0) is 34.5. The predicted octanol–water partition coefficient (Wildman–Crippen LogP) is 3.49. The van der Waals surface area contributed by atoms with Crippen LogP contribution >= 0.6 is 7.82 Å². The van der Waals surface area contributed by atoms with Crippen molar-refractivity contribution in [1.29, 1.82) is 0 Å². The van der Waals surface area contributed by atoms with Crippen LogP contribution in [0.5, 0.6) is 5.75 Å². The molecule has 0 saturated carbocycles. The second-order valence-electron chi connectivity index (χ2n) is 12.4. The number of amides is 4. The van der Waals surface area contributed by atoms with Crippen molar-refractivity contribution in [2.24, 2.45) is 0 Å². The van der Waals surface area contributed by atoms with Gasteiger partial charge in [0.2, 0.25) is 11.8 Å². The third-order valence-electron chi connectivity index (χ3n) is 9.00. The van der Waals surface area contributed by atoms with Crippen molar-refractivity contribution >= 4 is 31.4 Å². The quantitative estimate of drug-likeness (QED) is 0.204. The summed E-state index contributed by atoms with van der Waals surface area (Å²) in [5, 5.41) is 6.19. The maximum Gasteiger partial charge on any atom is 0.524 e. The van der Waals surface area contributed by atoms with E-state index in [1.54, 1.807) is 28.1 Å². The Hall–Kier alpha value is -4.68. The van der Waals surface area contributed by atoms with Gasteiger partial charge in [0.25, 0.3) is 0 Å². The molecule has 2 atom stereocenters. The van der Waals surface area contributed by atoms with E-state index >= 15 is 0 Å². The normalized spacial score (nSPS) is 20.0. The van der Waals surface area contributed by atoms with E-state index in [0.29, 0.717) is 5.56 Å². The van der Waals surface area contributed by atoms with E-state index < -0.39 is 26.1 Å². The molecule has 0 bridgehead atoms. The molecule has 3 aliphatic heterocycles. The monoisotopic (exact) mass is 688 g/mol. The summed E-state index contributed by atoms with van der Waals surface area (Å²) in [7, 11) is -4.75. The molecule has 3 aliphatic rings. The molecule has 0 unspecified atom stereocenters. The number of carbonyl (C=O) groups is 3. The van der Waals surface area contributed by atoms with Gasteiger partial charge in [-0.2, -0.15) is 0 Å².